The van der Waals surface area contributed by atoms with Crippen LogP contribution in [0, 0.1) is 23.3 Å². The van der Waals surface area contributed by atoms with Crippen LogP contribution in [0.25, 0.3) is 0 Å². The Kier molecular flexibility index (Phi) is 5.42. The highest BCUT2D eigenvalue weighted by Crippen LogP contribution is 2.32. The van der Waals surface area contributed by atoms with E-state index in [-0.39, 0.29) is 18.5 Å². The molecule has 1 aromatic rings. The van der Waals surface area contributed by atoms with Crippen molar-refractivity contribution in [2.45, 2.75) is 18.6 Å². The molecule has 9 heteroatoms. The molecular formula is C9H7ClF7N. The molecule has 104 valence electrons. The summed E-state index contributed by atoms with van der Waals surface area (Å²) in [6.45, 7) is 0. The molecule has 0 aromatic heterocycles. The van der Waals surface area contributed by atoms with Crippen LogP contribution in [0.1, 0.15) is 18.0 Å². The van der Waals surface area contributed by atoms with Gasteiger partial charge in [-0.15, -0.1) is 12.4 Å². The Balaban J connectivity index is 0.00000289. The zero-order chi connectivity index (χ0) is 13.4. The predicted octanol–water partition coefficient (Wildman–Crippen LogP) is 3.62. The van der Waals surface area contributed by atoms with E-state index in [4.69, 9.17) is 5.73 Å². The van der Waals surface area contributed by atoms with E-state index in [9.17, 15) is 30.7 Å². The van der Waals surface area contributed by atoms with E-state index in [0.29, 0.717) is 0 Å². The molecule has 0 amide bonds. The zero-order valence-corrected chi connectivity index (χ0v) is 9.31. The van der Waals surface area contributed by atoms with E-state index in [2.05, 4.69) is 0 Å². The lowest BCUT2D eigenvalue weighted by molar-refractivity contribution is -0.138. The highest BCUT2D eigenvalue weighted by Gasteiger charge is 2.34. The maximum Gasteiger partial charge on any atom is 0.390 e. The van der Waals surface area contributed by atoms with E-state index in [1.165, 1.54) is 0 Å². The summed E-state index contributed by atoms with van der Waals surface area (Å²) in [4.78, 5) is 0. The quantitative estimate of drug-likeness (QED) is 0.655. The summed E-state index contributed by atoms with van der Waals surface area (Å²) in [5, 5.41) is 0. The molecule has 0 aliphatic carbocycles. The monoisotopic (exact) mass is 297 g/mol. The lowest BCUT2D eigenvalue weighted by Crippen LogP contribution is -2.23. The molecule has 0 spiro atoms. The van der Waals surface area contributed by atoms with Crippen LogP contribution in [0.5, 0.6) is 0 Å². The van der Waals surface area contributed by atoms with E-state index >= 15 is 0 Å². The minimum Gasteiger partial charge on any atom is -0.323 e. The van der Waals surface area contributed by atoms with Gasteiger partial charge in [0.1, 0.15) is 0 Å². The number of benzene rings is 1. The number of hydrogen-bond acceptors (Lipinski definition) is 1. The first kappa shape index (κ1) is 17.0. The minimum absolute atomic E-state index is 0. The van der Waals surface area contributed by atoms with E-state index < -0.39 is 47.5 Å². The molecule has 0 radical (unpaired) electrons. The van der Waals surface area contributed by atoms with Gasteiger partial charge < -0.3 is 5.73 Å². The summed E-state index contributed by atoms with van der Waals surface area (Å²) in [5.74, 6) is -7.42. The van der Waals surface area contributed by atoms with Crippen molar-refractivity contribution in [3.8, 4) is 0 Å². The van der Waals surface area contributed by atoms with Crippen LogP contribution in [0.2, 0.25) is 0 Å². The SMILES string of the molecule is Cl.N[C@@H](CC(F)(F)F)c1c(F)c(F)cc(F)c1F. The van der Waals surface area contributed by atoms with Crippen LogP contribution in [0.3, 0.4) is 0 Å². The second-order valence-electron chi connectivity index (χ2n) is 3.31. The largest absolute Gasteiger partial charge is 0.390 e. The van der Waals surface area contributed by atoms with Gasteiger partial charge in [-0.2, -0.15) is 13.2 Å². The van der Waals surface area contributed by atoms with Crippen molar-refractivity contribution in [3.05, 3.63) is 34.9 Å². The van der Waals surface area contributed by atoms with E-state index in [1.807, 2.05) is 0 Å². The average molecular weight is 298 g/mol. The summed E-state index contributed by atoms with van der Waals surface area (Å²) < 4.78 is 87.3. The average Bonchev–Trinajstić information content (AvgIpc) is 2.12. The molecule has 1 nitrogen and oxygen atoms in total. The molecule has 0 aliphatic rings. The van der Waals surface area contributed by atoms with Crippen LogP contribution in [-0.2, 0) is 0 Å². The summed E-state index contributed by atoms with van der Waals surface area (Å²) in [6, 6.07) is -2.31. The smallest absolute Gasteiger partial charge is 0.323 e. The molecule has 1 atom stereocenters. The number of halogens is 8. The highest BCUT2D eigenvalue weighted by atomic mass is 35.5. The Morgan fingerprint density at radius 2 is 1.39 bits per heavy atom. The molecule has 0 bridgehead atoms. The standard InChI is InChI=1S/C9H6F7N.ClH/c10-3-1-4(11)8(13)6(7(3)12)5(17)2-9(14,15)16;/h1,5H,2,17H2;1H/t5-;/m0./s1. The van der Waals surface area contributed by atoms with Gasteiger partial charge in [0, 0.05) is 17.7 Å². The number of alkyl halides is 3. The summed E-state index contributed by atoms with van der Waals surface area (Å²) in [5.41, 5.74) is 3.44. The fourth-order valence-corrected chi connectivity index (χ4v) is 1.27. The van der Waals surface area contributed by atoms with Gasteiger partial charge >= 0.3 is 6.18 Å². The van der Waals surface area contributed by atoms with Crippen molar-refractivity contribution in [1.82, 2.24) is 0 Å². The van der Waals surface area contributed by atoms with Crippen molar-refractivity contribution >= 4 is 12.4 Å². The van der Waals surface area contributed by atoms with Gasteiger partial charge in [-0.3, -0.25) is 0 Å². The van der Waals surface area contributed by atoms with Crippen molar-refractivity contribution in [3.63, 3.8) is 0 Å². The zero-order valence-electron chi connectivity index (χ0n) is 8.49. The van der Waals surface area contributed by atoms with Crippen molar-refractivity contribution in [2.24, 2.45) is 5.73 Å². The fraction of sp³-hybridized carbons (Fsp3) is 0.333. The molecule has 0 aliphatic heterocycles. The molecule has 0 saturated carbocycles. The van der Waals surface area contributed by atoms with Gasteiger partial charge in [-0.05, 0) is 0 Å². The lowest BCUT2D eigenvalue weighted by atomic mass is 10.0. The van der Waals surface area contributed by atoms with Gasteiger partial charge in [0.05, 0.1) is 6.42 Å². The van der Waals surface area contributed by atoms with Crippen molar-refractivity contribution in [1.29, 1.82) is 0 Å². The Morgan fingerprint density at radius 3 is 1.72 bits per heavy atom. The van der Waals surface area contributed by atoms with Crippen molar-refractivity contribution in [2.75, 3.05) is 0 Å². The molecule has 1 aromatic carbocycles. The first-order valence-corrected chi connectivity index (χ1v) is 4.28. The summed E-state index contributed by atoms with van der Waals surface area (Å²) in [6.07, 6.45) is -6.59. The maximum absolute atomic E-state index is 13.0. The summed E-state index contributed by atoms with van der Waals surface area (Å²) >= 11 is 0. The first-order chi connectivity index (χ1) is 7.63. The van der Waals surface area contributed by atoms with Gasteiger partial charge in [-0.1, -0.05) is 0 Å². The minimum atomic E-state index is -4.80. The Hall–Kier alpha value is -1.02. The van der Waals surface area contributed by atoms with Crippen molar-refractivity contribution < 1.29 is 30.7 Å². The predicted molar refractivity (Wildman–Crippen MR) is 51.1 cm³/mol. The Morgan fingerprint density at radius 1 is 1.00 bits per heavy atom. The highest BCUT2D eigenvalue weighted by molar-refractivity contribution is 5.85. The first-order valence-electron chi connectivity index (χ1n) is 4.28. The van der Waals surface area contributed by atoms with Gasteiger partial charge in [0.2, 0.25) is 0 Å². The second kappa shape index (κ2) is 5.75. The molecule has 2 N–H and O–H groups in total. The third-order valence-electron chi connectivity index (χ3n) is 1.97. The van der Waals surface area contributed by atoms with Crippen LogP contribution in [-0.4, -0.2) is 6.18 Å². The van der Waals surface area contributed by atoms with Crippen LogP contribution in [0.15, 0.2) is 6.07 Å². The van der Waals surface area contributed by atoms with Crippen LogP contribution >= 0.6 is 12.4 Å². The maximum atomic E-state index is 13.0. The molecule has 0 saturated heterocycles. The molecule has 0 fully saturated rings. The van der Waals surface area contributed by atoms with Crippen LogP contribution < -0.4 is 5.73 Å². The molecule has 1 rings (SSSR count). The van der Waals surface area contributed by atoms with Gasteiger partial charge in [-0.25, -0.2) is 17.6 Å². The van der Waals surface area contributed by atoms with Gasteiger partial charge in [0.25, 0.3) is 0 Å². The molecule has 0 unspecified atom stereocenters. The van der Waals surface area contributed by atoms with E-state index in [0.717, 1.165) is 0 Å². The molecular weight excluding hydrogens is 291 g/mol. The fourth-order valence-electron chi connectivity index (χ4n) is 1.27. The lowest BCUT2D eigenvalue weighted by Gasteiger charge is -2.16. The third kappa shape index (κ3) is 3.74. The van der Waals surface area contributed by atoms with E-state index in [1.54, 1.807) is 0 Å². The third-order valence-corrected chi connectivity index (χ3v) is 1.97. The Bertz CT molecular complexity index is 406. The second-order valence-corrected chi connectivity index (χ2v) is 3.31. The molecule has 0 heterocycles. The molecule has 18 heavy (non-hydrogen) atoms. The topological polar surface area (TPSA) is 26.0 Å². The number of rotatable bonds is 2. The number of hydrogen-bond donors (Lipinski definition) is 1. The van der Waals surface area contributed by atoms with Crippen LogP contribution in [0.4, 0.5) is 30.7 Å². The Labute approximate surface area is 103 Å². The normalized spacial score (nSPS) is 13.1. The number of nitrogens with two attached hydrogens (primary N) is 1. The summed E-state index contributed by atoms with van der Waals surface area (Å²) in [7, 11) is 0. The van der Waals surface area contributed by atoms with Gasteiger partial charge in [0.15, 0.2) is 23.3 Å².